The lowest BCUT2D eigenvalue weighted by Gasteiger charge is -2.33. The Balaban J connectivity index is 1.22. The van der Waals surface area contributed by atoms with Gasteiger partial charge in [-0.05, 0) is 59.5 Å². The number of oxazole rings is 1. The molecule has 4 heterocycles. The number of amides is 2. The number of anilines is 1. The van der Waals surface area contributed by atoms with Gasteiger partial charge in [0.2, 0.25) is 11.8 Å². The van der Waals surface area contributed by atoms with Gasteiger partial charge in [-0.2, -0.15) is 4.68 Å². The topological polar surface area (TPSA) is 119 Å². The zero-order valence-electron chi connectivity index (χ0n) is 20.1. The molecule has 2 aliphatic rings. The largest absolute Gasteiger partial charge is 0.449 e. The van der Waals surface area contributed by atoms with Crippen LogP contribution in [0.5, 0.6) is 0 Å². The number of rotatable bonds is 5. The van der Waals surface area contributed by atoms with E-state index in [2.05, 4.69) is 25.8 Å². The number of hydrogen-bond acceptors (Lipinski definition) is 7. The van der Waals surface area contributed by atoms with Gasteiger partial charge in [0.1, 0.15) is 24.3 Å². The molecule has 0 saturated carbocycles. The second-order valence-electron chi connectivity index (χ2n) is 9.19. The molecule has 4 aromatic rings. The number of nitrogens with zero attached hydrogens (tertiary/aromatic N) is 6. The monoisotopic (exact) mass is 533 g/mol. The van der Waals surface area contributed by atoms with E-state index in [0.717, 1.165) is 5.56 Å². The van der Waals surface area contributed by atoms with E-state index in [1.165, 1.54) is 23.2 Å². The van der Waals surface area contributed by atoms with E-state index in [4.69, 9.17) is 16.0 Å². The van der Waals surface area contributed by atoms with Crippen LogP contribution in [0.3, 0.4) is 0 Å². The minimum atomic E-state index is -0.649. The van der Waals surface area contributed by atoms with Crippen molar-refractivity contribution in [2.75, 3.05) is 5.32 Å². The Hall–Kier alpha value is -4.38. The normalized spacial score (nSPS) is 18.9. The van der Waals surface area contributed by atoms with Gasteiger partial charge in [-0.3, -0.25) is 9.59 Å². The van der Waals surface area contributed by atoms with Gasteiger partial charge in [-0.1, -0.05) is 23.7 Å². The van der Waals surface area contributed by atoms with E-state index in [1.807, 2.05) is 12.1 Å². The molecule has 1 fully saturated rings. The maximum absolute atomic E-state index is 15.2. The second-order valence-corrected chi connectivity index (χ2v) is 9.60. The van der Waals surface area contributed by atoms with Gasteiger partial charge in [0.25, 0.3) is 0 Å². The van der Waals surface area contributed by atoms with Gasteiger partial charge in [0.05, 0.1) is 10.7 Å². The molecular formula is C26H21ClFN7O3. The summed E-state index contributed by atoms with van der Waals surface area (Å²) in [5.41, 5.74) is 3.21. The molecule has 2 aromatic heterocycles. The SMILES string of the molecule is Cc1nc(-c2ccc(NC(=O)[C@@H]3CC[C@@H]4CC(c5c(-n6cnnn6)ccc(Cl)c5F)=CC(=O)N43)cc2)co1. The Morgan fingerprint density at radius 2 is 2.00 bits per heavy atom. The number of carbonyl (C=O) groups excluding carboxylic acids is 2. The number of fused-ring (bicyclic) bond motifs is 1. The Labute approximate surface area is 221 Å². The number of carbonyl (C=O) groups is 2. The molecule has 0 bridgehead atoms. The van der Waals surface area contributed by atoms with E-state index >= 15 is 4.39 Å². The molecule has 10 nitrogen and oxygen atoms in total. The summed E-state index contributed by atoms with van der Waals surface area (Å²) in [6.07, 6.45) is 5.77. The average molecular weight is 534 g/mol. The summed E-state index contributed by atoms with van der Waals surface area (Å²) in [5, 5.41) is 13.9. The fourth-order valence-electron chi connectivity index (χ4n) is 5.14. The molecule has 0 radical (unpaired) electrons. The van der Waals surface area contributed by atoms with Crippen molar-refractivity contribution in [3.8, 4) is 16.9 Å². The summed E-state index contributed by atoms with van der Waals surface area (Å²) < 4.78 is 21.8. The third kappa shape index (κ3) is 4.24. The van der Waals surface area contributed by atoms with Gasteiger partial charge in [-0.15, -0.1) is 5.10 Å². The van der Waals surface area contributed by atoms with Crippen molar-refractivity contribution in [1.29, 1.82) is 0 Å². The fourth-order valence-corrected chi connectivity index (χ4v) is 5.30. The van der Waals surface area contributed by atoms with Crippen LogP contribution in [0.15, 0.2) is 59.5 Å². The van der Waals surface area contributed by atoms with Gasteiger partial charge < -0.3 is 14.6 Å². The molecule has 0 aliphatic carbocycles. The maximum Gasteiger partial charge on any atom is 0.247 e. The zero-order valence-corrected chi connectivity index (χ0v) is 20.9. The third-order valence-corrected chi connectivity index (χ3v) is 7.16. The van der Waals surface area contributed by atoms with Crippen LogP contribution in [0.2, 0.25) is 5.02 Å². The first-order chi connectivity index (χ1) is 18.4. The van der Waals surface area contributed by atoms with Crippen molar-refractivity contribution in [1.82, 2.24) is 30.1 Å². The number of benzene rings is 2. The molecular weight excluding hydrogens is 513 g/mol. The molecule has 192 valence electrons. The van der Waals surface area contributed by atoms with E-state index in [0.29, 0.717) is 47.8 Å². The van der Waals surface area contributed by atoms with Crippen molar-refractivity contribution in [3.63, 3.8) is 0 Å². The number of aryl methyl sites for hydroxylation is 1. The number of hydrogen-bond donors (Lipinski definition) is 1. The van der Waals surface area contributed by atoms with E-state index in [-0.39, 0.29) is 28.4 Å². The van der Waals surface area contributed by atoms with Crippen LogP contribution in [0.1, 0.15) is 30.7 Å². The summed E-state index contributed by atoms with van der Waals surface area (Å²) in [4.78, 5) is 32.3. The second kappa shape index (κ2) is 9.49. The highest BCUT2D eigenvalue weighted by molar-refractivity contribution is 6.31. The lowest BCUT2D eigenvalue weighted by molar-refractivity contribution is -0.135. The molecule has 0 spiro atoms. The van der Waals surface area contributed by atoms with E-state index in [1.54, 1.807) is 36.3 Å². The number of tetrazole rings is 1. The zero-order chi connectivity index (χ0) is 26.4. The molecule has 0 unspecified atom stereocenters. The summed E-state index contributed by atoms with van der Waals surface area (Å²) in [6.45, 7) is 1.77. The number of aromatic nitrogens is 5. The van der Waals surface area contributed by atoms with Crippen molar-refractivity contribution >= 4 is 34.7 Å². The van der Waals surface area contributed by atoms with Crippen LogP contribution in [0, 0.1) is 12.7 Å². The number of nitrogens with one attached hydrogen (secondary N) is 1. The van der Waals surface area contributed by atoms with Crippen molar-refractivity contribution < 1.29 is 18.4 Å². The molecule has 1 N–H and O–H groups in total. The van der Waals surface area contributed by atoms with Crippen LogP contribution < -0.4 is 5.32 Å². The van der Waals surface area contributed by atoms with Crippen LogP contribution in [-0.2, 0) is 9.59 Å². The van der Waals surface area contributed by atoms with Crippen LogP contribution in [-0.4, -0.2) is 54.0 Å². The summed E-state index contributed by atoms with van der Waals surface area (Å²) >= 11 is 6.08. The third-order valence-electron chi connectivity index (χ3n) is 6.87. The van der Waals surface area contributed by atoms with Crippen LogP contribution in [0.25, 0.3) is 22.5 Å². The highest BCUT2D eigenvalue weighted by Crippen LogP contribution is 2.40. The standard InChI is InChI=1S/C26H21ClFN7O3/c1-14-30-20(12-38-14)15-2-4-17(5-3-15)31-26(37)22-8-6-18-10-16(11-23(36)35(18)22)24-21(34-13-29-32-33-34)9-7-19(27)25(24)28/h2-5,7,9,11-13,18,22H,6,8,10H2,1H3,(H,31,37)/t18-,22+/m1/s1. The van der Waals surface area contributed by atoms with Crippen LogP contribution >= 0.6 is 11.6 Å². The summed E-state index contributed by atoms with van der Waals surface area (Å²) in [6, 6.07) is 9.38. The van der Waals surface area contributed by atoms with Gasteiger partial charge in [0.15, 0.2) is 11.7 Å². The molecule has 2 atom stereocenters. The molecule has 2 aromatic carbocycles. The Morgan fingerprint density at radius 1 is 1.18 bits per heavy atom. The molecule has 6 rings (SSSR count). The molecule has 12 heteroatoms. The average Bonchev–Trinajstić information content (AvgIpc) is 3.67. The van der Waals surface area contributed by atoms with Crippen molar-refractivity contribution in [2.45, 2.75) is 38.3 Å². The minimum absolute atomic E-state index is 0.0685. The lowest BCUT2D eigenvalue weighted by atomic mass is 9.92. The van der Waals surface area contributed by atoms with E-state index < -0.39 is 11.9 Å². The summed E-state index contributed by atoms with van der Waals surface area (Å²) in [5.74, 6) is -0.705. The predicted molar refractivity (Wildman–Crippen MR) is 136 cm³/mol. The Bertz CT molecular complexity index is 1570. The molecule has 2 aliphatic heterocycles. The van der Waals surface area contributed by atoms with Crippen molar-refractivity contribution in [2.24, 2.45) is 0 Å². The highest BCUT2D eigenvalue weighted by Gasteiger charge is 2.43. The summed E-state index contributed by atoms with van der Waals surface area (Å²) in [7, 11) is 0. The molecule has 1 saturated heterocycles. The number of halogens is 2. The first-order valence-electron chi connectivity index (χ1n) is 12.0. The van der Waals surface area contributed by atoms with Gasteiger partial charge in [-0.25, -0.2) is 9.37 Å². The fraction of sp³-hybridized carbons (Fsp3) is 0.231. The Kier molecular flexibility index (Phi) is 5.99. The highest BCUT2D eigenvalue weighted by atomic mass is 35.5. The minimum Gasteiger partial charge on any atom is -0.449 e. The van der Waals surface area contributed by atoms with Gasteiger partial charge in [0, 0.05) is 35.9 Å². The predicted octanol–water partition coefficient (Wildman–Crippen LogP) is 4.20. The first-order valence-corrected chi connectivity index (χ1v) is 12.3. The maximum atomic E-state index is 15.2. The van der Waals surface area contributed by atoms with Crippen LogP contribution in [0.4, 0.5) is 10.1 Å². The van der Waals surface area contributed by atoms with Crippen molar-refractivity contribution in [3.05, 3.63) is 77.4 Å². The first kappa shape index (κ1) is 24.0. The smallest absolute Gasteiger partial charge is 0.247 e. The quantitative estimate of drug-likeness (QED) is 0.408. The lowest BCUT2D eigenvalue weighted by Crippen LogP contribution is -2.48. The van der Waals surface area contributed by atoms with E-state index in [9.17, 15) is 9.59 Å². The Morgan fingerprint density at radius 3 is 2.71 bits per heavy atom. The molecule has 2 amide bonds. The molecule has 38 heavy (non-hydrogen) atoms. The van der Waals surface area contributed by atoms with Gasteiger partial charge >= 0.3 is 0 Å².